The first-order valence-electron chi connectivity index (χ1n) is 6.03. The average molecular weight is 233 g/mol. The highest BCUT2D eigenvalue weighted by Gasteiger charge is 2.57. The Morgan fingerprint density at radius 3 is 2.65 bits per heavy atom. The highest BCUT2D eigenvalue weighted by atomic mass is 19.1. The molecule has 1 heterocycles. The normalized spacial score (nSPS) is 32.2. The molecule has 17 heavy (non-hydrogen) atoms. The van der Waals surface area contributed by atoms with Crippen molar-refractivity contribution in [3.05, 3.63) is 35.9 Å². The summed E-state index contributed by atoms with van der Waals surface area (Å²) in [5, 5.41) is 0. The Morgan fingerprint density at radius 1 is 1.35 bits per heavy atom. The maximum Gasteiger partial charge on any atom is 0.191 e. The van der Waals surface area contributed by atoms with E-state index < -0.39 is 5.67 Å². The number of benzene rings is 1. The van der Waals surface area contributed by atoms with E-state index in [1.165, 1.54) is 0 Å². The molecule has 1 aromatic rings. The van der Waals surface area contributed by atoms with Crippen LogP contribution in [0.1, 0.15) is 18.4 Å². The van der Waals surface area contributed by atoms with E-state index in [2.05, 4.69) is 4.99 Å². The molecule has 2 aliphatic rings. The smallest absolute Gasteiger partial charge is 0.191 e. The summed E-state index contributed by atoms with van der Waals surface area (Å²) in [5.74, 6) is 0.497. The summed E-state index contributed by atoms with van der Waals surface area (Å²) in [7, 11) is 0. The Balaban J connectivity index is 1.73. The van der Waals surface area contributed by atoms with Gasteiger partial charge in [-0.2, -0.15) is 0 Å². The third kappa shape index (κ3) is 1.77. The number of guanidine groups is 1. The van der Waals surface area contributed by atoms with Crippen molar-refractivity contribution >= 4 is 5.96 Å². The topological polar surface area (TPSA) is 41.6 Å². The van der Waals surface area contributed by atoms with Gasteiger partial charge in [0.1, 0.15) is 0 Å². The second kappa shape index (κ2) is 3.72. The lowest BCUT2D eigenvalue weighted by Crippen LogP contribution is -2.46. The van der Waals surface area contributed by atoms with Gasteiger partial charge in [0.25, 0.3) is 0 Å². The molecule has 2 N–H and O–H groups in total. The fourth-order valence-electron chi connectivity index (χ4n) is 2.18. The fraction of sp³-hybridized carbons (Fsp3) is 0.462. The van der Waals surface area contributed by atoms with Crippen molar-refractivity contribution in [3.8, 4) is 0 Å². The minimum Gasteiger partial charge on any atom is -0.370 e. The van der Waals surface area contributed by atoms with Crippen LogP contribution in [-0.4, -0.2) is 30.0 Å². The van der Waals surface area contributed by atoms with Crippen LogP contribution in [0.4, 0.5) is 4.39 Å². The second-order valence-corrected chi connectivity index (χ2v) is 4.78. The van der Waals surface area contributed by atoms with Gasteiger partial charge in [-0.3, -0.25) is 0 Å². The lowest BCUT2D eigenvalue weighted by atomic mass is 10.1. The molecule has 1 saturated carbocycles. The van der Waals surface area contributed by atoms with Crippen LogP contribution in [0.15, 0.2) is 35.3 Å². The minimum absolute atomic E-state index is 0.300. The molecule has 4 heteroatoms. The van der Waals surface area contributed by atoms with E-state index >= 15 is 0 Å². The molecule has 0 bridgehead atoms. The predicted molar refractivity (Wildman–Crippen MR) is 65.4 cm³/mol. The molecule has 3 nitrogen and oxygen atoms in total. The number of halogens is 1. The van der Waals surface area contributed by atoms with Crippen molar-refractivity contribution in [1.29, 1.82) is 0 Å². The molecule has 3 rings (SSSR count). The molecule has 0 radical (unpaired) electrons. The van der Waals surface area contributed by atoms with Crippen molar-refractivity contribution < 1.29 is 4.39 Å². The number of alkyl halides is 1. The van der Waals surface area contributed by atoms with Crippen LogP contribution in [0.5, 0.6) is 0 Å². The number of aliphatic imine (C=N–C) groups is 1. The van der Waals surface area contributed by atoms with Gasteiger partial charge >= 0.3 is 0 Å². The van der Waals surface area contributed by atoms with Crippen LogP contribution in [0, 0.1) is 0 Å². The van der Waals surface area contributed by atoms with Gasteiger partial charge < -0.3 is 10.6 Å². The van der Waals surface area contributed by atoms with Crippen molar-refractivity contribution in [2.45, 2.75) is 24.6 Å². The number of likely N-dealkylation sites (tertiary alicyclic amines) is 1. The first-order valence-corrected chi connectivity index (χ1v) is 6.03. The summed E-state index contributed by atoms with van der Waals surface area (Å²) in [4.78, 5) is 6.28. The van der Waals surface area contributed by atoms with E-state index in [9.17, 15) is 4.39 Å². The molecule has 1 saturated heterocycles. The maximum absolute atomic E-state index is 14.5. The Labute approximate surface area is 100 Å². The fourth-order valence-corrected chi connectivity index (χ4v) is 2.18. The Morgan fingerprint density at radius 2 is 2.06 bits per heavy atom. The van der Waals surface area contributed by atoms with Crippen molar-refractivity contribution in [1.82, 2.24) is 4.90 Å². The Bertz CT molecular complexity index is 441. The highest BCUT2D eigenvalue weighted by Crippen LogP contribution is 2.52. The average Bonchev–Trinajstić information content (AvgIpc) is 2.89. The van der Waals surface area contributed by atoms with Crippen molar-refractivity contribution in [3.63, 3.8) is 0 Å². The maximum atomic E-state index is 14.5. The molecule has 2 unspecified atom stereocenters. The molecule has 90 valence electrons. The molecule has 2 atom stereocenters. The van der Waals surface area contributed by atoms with Gasteiger partial charge in [0.2, 0.25) is 0 Å². The van der Waals surface area contributed by atoms with Gasteiger partial charge in [-0.05, 0) is 12.0 Å². The van der Waals surface area contributed by atoms with Gasteiger partial charge in [0, 0.05) is 19.5 Å². The van der Waals surface area contributed by atoms with Crippen molar-refractivity contribution in [2.75, 3.05) is 13.1 Å². The van der Waals surface area contributed by atoms with E-state index in [-0.39, 0.29) is 6.04 Å². The van der Waals surface area contributed by atoms with Crippen LogP contribution in [0.3, 0.4) is 0 Å². The van der Waals surface area contributed by atoms with Gasteiger partial charge in [-0.1, -0.05) is 30.3 Å². The van der Waals surface area contributed by atoms with E-state index in [1.54, 1.807) is 0 Å². The summed E-state index contributed by atoms with van der Waals surface area (Å²) in [6.07, 6.45) is 1.60. The molecule has 1 aliphatic carbocycles. The lowest BCUT2D eigenvalue weighted by Gasteiger charge is -2.31. The van der Waals surface area contributed by atoms with Crippen molar-refractivity contribution in [2.24, 2.45) is 10.7 Å². The van der Waals surface area contributed by atoms with Crippen LogP contribution in [-0.2, 0) is 5.67 Å². The summed E-state index contributed by atoms with van der Waals surface area (Å²) in [6.45, 7) is 1.90. The third-order valence-electron chi connectivity index (χ3n) is 3.58. The first-order chi connectivity index (χ1) is 8.20. The van der Waals surface area contributed by atoms with Crippen LogP contribution < -0.4 is 5.73 Å². The van der Waals surface area contributed by atoms with Crippen LogP contribution in [0.2, 0.25) is 0 Å². The summed E-state index contributed by atoms with van der Waals surface area (Å²) in [6, 6.07) is 8.93. The largest absolute Gasteiger partial charge is 0.370 e. The Hall–Kier alpha value is -1.58. The van der Waals surface area contributed by atoms with E-state index in [4.69, 9.17) is 5.73 Å². The number of nitrogens with zero attached hydrogens (tertiary/aromatic N) is 2. The first kappa shape index (κ1) is 10.6. The molecule has 0 spiro atoms. The second-order valence-electron chi connectivity index (χ2n) is 4.78. The zero-order valence-electron chi connectivity index (χ0n) is 9.64. The SMILES string of the molecule is NC(=NC1CC1(F)c1ccccc1)N1CCC1. The van der Waals surface area contributed by atoms with Gasteiger partial charge in [-0.25, -0.2) is 9.38 Å². The summed E-state index contributed by atoms with van der Waals surface area (Å²) >= 11 is 0. The highest BCUT2D eigenvalue weighted by molar-refractivity contribution is 5.79. The number of hydrogen-bond donors (Lipinski definition) is 1. The number of hydrogen-bond acceptors (Lipinski definition) is 1. The van der Waals surface area contributed by atoms with E-state index in [0.29, 0.717) is 17.9 Å². The quantitative estimate of drug-likeness (QED) is 0.623. The molecule has 0 aromatic heterocycles. The predicted octanol–water partition coefficient (Wildman–Crippen LogP) is 1.64. The molecule has 2 fully saturated rings. The molecular formula is C13H16FN3. The zero-order chi connectivity index (χ0) is 11.9. The van der Waals surface area contributed by atoms with Gasteiger partial charge in [0.15, 0.2) is 11.6 Å². The Kier molecular flexibility index (Phi) is 2.31. The lowest BCUT2D eigenvalue weighted by molar-refractivity contribution is 0.288. The third-order valence-corrected chi connectivity index (χ3v) is 3.58. The monoisotopic (exact) mass is 233 g/mol. The number of rotatable bonds is 2. The molecule has 1 aromatic carbocycles. The van der Waals surface area contributed by atoms with Crippen LogP contribution >= 0.6 is 0 Å². The molecule has 1 aliphatic heterocycles. The number of nitrogens with two attached hydrogens (primary N) is 1. The van der Waals surface area contributed by atoms with Gasteiger partial charge in [0.05, 0.1) is 6.04 Å². The van der Waals surface area contributed by atoms with Crippen LogP contribution in [0.25, 0.3) is 0 Å². The summed E-state index contributed by atoms with van der Waals surface area (Å²) in [5.41, 5.74) is 5.25. The zero-order valence-corrected chi connectivity index (χ0v) is 9.64. The standard InChI is InChI=1S/C13H16FN3/c14-13(10-5-2-1-3-6-10)9-11(13)16-12(15)17-7-4-8-17/h1-3,5-6,11H,4,7-9H2,(H2,15,16). The molecular weight excluding hydrogens is 217 g/mol. The summed E-state index contributed by atoms with van der Waals surface area (Å²) < 4.78 is 14.5. The van der Waals surface area contributed by atoms with E-state index in [0.717, 1.165) is 19.5 Å². The molecule has 0 amide bonds. The van der Waals surface area contributed by atoms with Gasteiger partial charge in [-0.15, -0.1) is 0 Å². The van der Waals surface area contributed by atoms with E-state index in [1.807, 2.05) is 35.2 Å². The minimum atomic E-state index is -1.29.